The van der Waals surface area contributed by atoms with Crippen LogP contribution in [0, 0.1) is 0 Å². The highest BCUT2D eigenvalue weighted by Crippen LogP contribution is 2.29. The third-order valence-corrected chi connectivity index (χ3v) is 4.73. The lowest BCUT2D eigenvalue weighted by atomic mass is 9.89. The van der Waals surface area contributed by atoms with Gasteiger partial charge in [0, 0.05) is 62.9 Å². The number of hydrogen-bond acceptors (Lipinski definition) is 7. The molecule has 1 aliphatic heterocycles. The summed E-state index contributed by atoms with van der Waals surface area (Å²) in [5.41, 5.74) is 1.70. The van der Waals surface area contributed by atoms with E-state index in [1.165, 1.54) is 6.92 Å². The highest BCUT2D eigenvalue weighted by molar-refractivity contribution is 5.73. The summed E-state index contributed by atoms with van der Waals surface area (Å²) >= 11 is 0. The number of rotatable bonds is 5. The predicted octanol–water partition coefficient (Wildman–Crippen LogP) is 1.42. The van der Waals surface area contributed by atoms with Crippen LogP contribution in [0.15, 0.2) is 30.6 Å². The Kier molecular flexibility index (Phi) is 5.15. The fraction of sp³-hybridized carbons (Fsp3) is 0.474. The van der Waals surface area contributed by atoms with Crippen LogP contribution in [0.5, 0.6) is 5.88 Å². The molecule has 3 heterocycles. The van der Waals surface area contributed by atoms with Crippen molar-refractivity contribution in [2.45, 2.75) is 31.9 Å². The van der Waals surface area contributed by atoms with E-state index in [2.05, 4.69) is 20.2 Å². The maximum Gasteiger partial charge on any atom is 0.229 e. The van der Waals surface area contributed by atoms with E-state index in [4.69, 9.17) is 14.5 Å². The normalized spacial score (nSPS) is 22.0. The average molecular weight is 369 g/mol. The molecule has 2 aromatic rings. The zero-order valence-electron chi connectivity index (χ0n) is 15.3. The highest BCUT2D eigenvalue weighted by atomic mass is 16.5. The Hall–Kier alpha value is -2.74. The smallest absolute Gasteiger partial charge is 0.229 e. The van der Waals surface area contributed by atoms with Gasteiger partial charge in [-0.25, -0.2) is 4.98 Å². The molecule has 2 aromatic heterocycles. The zero-order chi connectivity index (χ0) is 18.6. The summed E-state index contributed by atoms with van der Waals surface area (Å²) in [6.45, 7) is 4.37. The van der Waals surface area contributed by atoms with E-state index in [0.29, 0.717) is 25.0 Å². The molecule has 0 atom stereocenters. The van der Waals surface area contributed by atoms with Crippen LogP contribution in [-0.4, -0.2) is 59.3 Å². The lowest BCUT2D eigenvalue weighted by Crippen LogP contribution is -2.48. The molecule has 0 spiro atoms. The van der Waals surface area contributed by atoms with E-state index in [-0.39, 0.29) is 18.1 Å². The van der Waals surface area contributed by atoms with Crippen molar-refractivity contribution in [3.63, 3.8) is 0 Å². The summed E-state index contributed by atoms with van der Waals surface area (Å²) in [5, 5.41) is 2.91. The molecule has 1 N–H and O–H groups in total. The molecule has 0 unspecified atom stereocenters. The van der Waals surface area contributed by atoms with Gasteiger partial charge >= 0.3 is 0 Å². The number of pyridine rings is 1. The molecule has 8 heteroatoms. The van der Waals surface area contributed by atoms with Crippen molar-refractivity contribution in [1.82, 2.24) is 20.3 Å². The number of carbonyl (C=O) groups excluding carboxylic acids is 1. The Bertz CT molecular complexity index is 789. The van der Waals surface area contributed by atoms with Crippen LogP contribution in [0.3, 0.4) is 0 Å². The second-order valence-electron chi connectivity index (χ2n) is 6.84. The molecular weight excluding hydrogens is 346 g/mol. The summed E-state index contributed by atoms with van der Waals surface area (Å²) in [6, 6.07) is 5.90. The van der Waals surface area contributed by atoms with Crippen LogP contribution in [0.2, 0.25) is 0 Å². The molecule has 0 aromatic carbocycles. The third-order valence-electron chi connectivity index (χ3n) is 4.73. The van der Waals surface area contributed by atoms with Gasteiger partial charge in [-0.15, -0.1) is 0 Å². The van der Waals surface area contributed by atoms with Gasteiger partial charge in [-0.05, 0) is 12.1 Å². The third kappa shape index (κ3) is 4.33. The zero-order valence-corrected chi connectivity index (χ0v) is 15.3. The van der Waals surface area contributed by atoms with Crippen LogP contribution in [0.4, 0.5) is 5.95 Å². The number of aromatic nitrogens is 3. The van der Waals surface area contributed by atoms with Crippen molar-refractivity contribution in [1.29, 1.82) is 0 Å². The quantitative estimate of drug-likeness (QED) is 0.852. The Morgan fingerprint density at radius 2 is 2.11 bits per heavy atom. The highest BCUT2D eigenvalue weighted by Gasteiger charge is 2.32. The Morgan fingerprint density at radius 1 is 1.30 bits per heavy atom. The SMILES string of the molecule is CC(=O)N[C@H]1C[C@H](Oc2cc(-c3cccnc3)nc(N3CCOCC3)n2)C1. The Labute approximate surface area is 157 Å². The molecule has 0 bridgehead atoms. The van der Waals surface area contributed by atoms with Gasteiger partial charge < -0.3 is 19.7 Å². The molecule has 1 saturated heterocycles. The minimum Gasteiger partial charge on any atom is -0.474 e. The minimum absolute atomic E-state index is 0.00560. The van der Waals surface area contributed by atoms with Crippen LogP contribution in [0.25, 0.3) is 11.3 Å². The van der Waals surface area contributed by atoms with E-state index < -0.39 is 0 Å². The van der Waals surface area contributed by atoms with Gasteiger partial charge in [0.25, 0.3) is 0 Å². The topological polar surface area (TPSA) is 89.5 Å². The number of anilines is 1. The first-order valence-electron chi connectivity index (χ1n) is 9.23. The Balaban J connectivity index is 1.54. The standard InChI is InChI=1S/C19H23N5O3/c1-13(25)21-15-9-16(10-15)27-18-11-17(14-3-2-4-20-12-14)22-19(23-18)24-5-7-26-8-6-24/h2-4,11-12,15-16H,5-10H2,1H3,(H,21,25)/t15-,16-. The van der Waals surface area contributed by atoms with E-state index >= 15 is 0 Å². The largest absolute Gasteiger partial charge is 0.474 e. The van der Waals surface area contributed by atoms with Crippen molar-refractivity contribution in [3.05, 3.63) is 30.6 Å². The number of hydrogen-bond donors (Lipinski definition) is 1. The average Bonchev–Trinajstić information content (AvgIpc) is 2.67. The molecule has 1 amide bonds. The molecule has 27 heavy (non-hydrogen) atoms. The summed E-state index contributed by atoms with van der Waals surface area (Å²) in [7, 11) is 0. The summed E-state index contributed by atoms with van der Waals surface area (Å²) in [4.78, 5) is 26.8. The molecule has 4 rings (SSSR count). The Morgan fingerprint density at radius 3 is 2.81 bits per heavy atom. The summed E-state index contributed by atoms with van der Waals surface area (Å²) in [6.07, 6.45) is 5.15. The lowest BCUT2D eigenvalue weighted by molar-refractivity contribution is -0.120. The number of nitrogens with zero attached hydrogens (tertiary/aromatic N) is 4. The van der Waals surface area contributed by atoms with Crippen molar-refractivity contribution >= 4 is 11.9 Å². The van der Waals surface area contributed by atoms with Crippen LogP contribution < -0.4 is 15.0 Å². The van der Waals surface area contributed by atoms with Crippen LogP contribution in [0.1, 0.15) is 19.8 Å². The molecule has 2 aliphatic rings. The van der Waals surface area contributed by atoms with Crippen molar-refractivity contribution in [2.24, 2.45) is 0 Å². The van der Waals surface area contributed by atoms with Crippen LogP contribution >= 0.6 is 0 Å². The summed E-state index contributed by atoms with van der Waals surface area (Å²) in [5.74, 6) is 1.19. The van der Waals surface area contributed by atoms with Gasteiger partial charge in [0.1, 0.15) is 6.10 Å². The molecule has 0 radical (unpaired) electrons. The molecule has 1 saturated carbocycles. The predicted molar refractivity (Wildman–Crippen MR) is 99.5 cm³/mol. The fourth-order valence-corrected chi connectivity index (χ4v) is 3.28. The van der Waals surface area contributed by atoms with Crippen molar-refractivity contribution in [3.8, 4) is 17.1 Å². The minimum atomic E-state index is -0.00560. The first-order valence-corrected chi connectivity index (χ1v) is 9.23. The first-order chi connectivity index (χ1) is 13.2. The second-order valence-corrected chi connectivity index (χ2v) is 6.84. The molecular formula is C19H23N5O3. The van der Waals surface area contributed by atoms with Gasteiger partial charge in [0.2, 0.25) is 17.7 Å². The lowest BCUT2D eigenvalue weighted by Gasteiger charge is -2.35. The maximum absolute atomic E-state index is 11.1. The van der Waals surface area contributed by atoms with E-state index in [1.807, 2.05) is 18.2 Å². The van der Waals surface area contributed by atoms with Gasteiger partial charge in [-0.1, -0.05) is 0 Å². The van der Waals surface area contributed by atoms with Gasteiger partial charge in [0.15, 0.2) is 0 Å². The second kappa shape index (κ2) is 7.87. The number of carbonyl (C=O) groups is 1. The van der Waals surface area contributed by atoms with E-state index in [0.717, 1.165) is 37.2 Å². The maximum atomic E-state index is 11.1. The molecule has 1 aliphatic carbocycles. The van der Waals surface area contributed by atoms with Crippen molar-refractivity contribution < 1.29 is 14.3 Å². The fourth-order valence-electron chi connectivity index (χ4n) is 3.28. The van der Waals surface area contributed by atoms with Gasteiger partial charge in [0.05, 0.1) is 18.9 Å². The molecule has 2 fully saturated rings. The summed E-state index contributed by atoms with van der Waals surface area (Å²) < 4.78 is 11.5. The van der Waals surface area contributed by atoms with E-state index in [9.17, 15) is 4.79 Å². The van der Waals surface area contributed by atoms with Crippen LogP contribution in [-0.2, 0) is 9.53 Å². The number of ether oxygens (including phenoxy) is 2. The number of morpholine rings is 1. The number of nitrogens with one attached hydrogen (secondary N) is 1. The van der Waals surface area contributed by atoms with Gasteiger partial charge in [-0.3, -0.25) is 9.78 Å². The monoisotopic (exact) mass is 369 g/mol. The molecule has 142 valence electrons. The van der Waals surface area contributed by atoms with Gasteiger partial charge in [-0.2, -0.15) is 4.98 Å². The van der Waals surface area contributed by atoms with E-state index in [1.54, 1.807) is 12.4 Å². The molecule has 8 nitrogen and oxygen atoms in total. The first kappa shape index (κ1) is 17.7. The van der Waals surface area contributed by atoms with Crippen molar-refractivity contribution in [2.75, 3.05) is 31.2 Å². The number of amides is 1.